The molecule has 1 saturated carbocycles. The van der Waals surface area contributed by atoms with Crippen molar-refractivity contribution in [3.8, 4) is 28.0 Å². The summed E-state index contributed by atoms with van der Waals surface area (Å²) in [5.74, 6) is -11.3. The van der Waals surface area contributed by atoms with Crippen LogP contribution in [0, 0.1) is 40.7 Å². The SMILES string of the molecule is CCCOC1CCC(c2ccc(-c3cc(F)c(C(F)(F)Oc4ccc(-c5cc(F)c(F)c(F)c5)c(F)c4)c(F)c3)c(F)c2)CC1. The molecule has 0 aliphatic heterocycles. The smallest absolute Gasteiger partial charge is 0.429 e. The maximum atomic E-state index is 15.1. The van der Waals surface area contributed by atoms with Gasteiger partial charge in [0, 0.05) is 23.8 Å². The highest BCUT2D eigenvalue weighted by atomic mass is 19.3. The summed E-state index contributed by atoms with van der Waals surface area (Å²) in [6.07, 6.45) is -0.348. The van der Waals surface area contributed by atoms with Gasteiger partial charge in [0.05, 0.1) is 6.10 Å². The lowest BCUT2D eigenvalue weighted by Crippen LogP contribution is -2.25. The molecule has 11 heteroatoms. The van der Waals surface area contributed by atoms with Crippen molar-refractivity contribution >= 4 is 0 Å². The fourth-order valence-corrected chi connectivity index (χ4v) is 5.58. The Kier molecular flexibility index (Phi) is 9.48. The van der Waals surface area contributed by atoms with Crippen LogP contribution < -0.4 is 4.74 Å². The first kappa shape index (κ1) is 32.4. The molecule has 0 N–H and O–H groups in total. The van der Waals surface area contributed by atoms with Gasteiger partial charge in [-0.3, -0.25) is 0 Å². The molecule has 0 amide bonds. The molecule has 1 fully saturated rings. The zero-order valence-electron chi connectivity index (χ0n) is 23.9. The Hall–Kier alpha value is -3.99. The predicted molar refractivity (Wildman–Crippen MR) is 149 cm³/mol. The van der Waals surface area contributed by atoms with Crippen molar-refractivity contribution in [1.29, 1.82) is 0 Å². The third kappa shape index (κ3) is 6.98. The van der Waals surface area contributed by atoms with E-state index in [0.717, 1.165) is 49.8 Å². The molecule has 0 aromatic heterocycles. The Labute approximate surface area is 253 Å². The molecule has 45 heavy (non-hydrogen) atoms. The minimum atomic E-state index is -4.66. The zero-order valence-corrected chi connectivity index (χ0v) is 23.9. The largest absolute Gasteiger partial charge is 0.432 e. The quantitative estimate of drug-likeness (QED) is 0.134. The Morgan fingerprint density at radius 3 is 1.71 bits per heavy atom. The summed E-state index contributed by atoms with van der Waals surface area (Å²) >= 11 is 0. The normalized spacial score (nSPS) is 17.0. The topological polar surface area (TPSA) is 18.5 Å². The molecule has 0 spiro atoms. The molecule has 1 aliphatic rings. The third-order valence-electron chi connectivity index (χ3n) is 7.82. The van der Waals surface area contributed by atoms with Crippen molar-refractivity contribution in [1.82, 2.24) is 0 Å². The lowest BCUT2D eigenvalue weighted by molar-refractivity contribution is -0.189. The number of hydrogen-bond donors (Lipinski definition) is 0. The van der Waals surface area contributed by atoms with Crippen LogP contribution in [0.2, 0.25) is 0 Å². The first-order chi connectivity index (χ1) is 21.4. The second-order valence-electron chi connectivity index (χ2n) is 10.9. The van der Waals surface area contributed by atoms with E-state index in [9.17, 15) is 35.1 Å². The molecule has 0 atom stereocenters. The van der Waals surface area contributed by atoms with Crippen LogP contribution in [-0.4, -0.2) is 12.7 Å². The molecule has 4 aromatic rings. The van der Waals surface area contributed by atoms with Crippen LogP contribution in [0.3, 0.4) is 0 Å². The van der Waals surface area contributed by atoms with E-state index in [4.69, 9.17) is 4.74 Å². The van der Waals surface area contributed by atoms with E-state index in [0.29, 0.717) is 36.9 Å². The van der Waals surface area contributed by atoms with Crippen molar-refractivity contribution in [2.45, 2.75) is 57.2 Å². The van der Waals surface area contributed by atoms with Crippen LogP contribution in [-0.2, 0) is 10.8 Å². The molecule has 5 rings (SSSR count). The minimum Gasteiger partial charge on any atom is -0.429 e. The van der Waals surface area contributed by atoms with Crippen LogP contribution in [0.5, 0.6) is 5.75 Å². The highest BCUT2D eigenvalue weighted by Gasteiger charge is 2.41. The van der Waals surface area contributed by atoms with Gasteiger partial charge in [-0.2, -0.15) is 8.78 Å². The molecule has 0 radical (unpaired) electrons. The number of rotatable bonds is 9. The van der Waals surface area contributed by atoms with Gasteiger partial charge in [-0.05, 0) is 97.2 Å². The summed E-state index contributed by atoms with van der Waals surface area (Å²) in [7, 11) is 0. The Balaban J connectivity index is 1.33. The van der Waals surface area contributed by atoms with Crippen molar-refractivity contribution in [3.63, 3.8) is 0 Å². The standard InChI is InChI=1S/C34H27F9O2/c1-2-11-44-22-6-3-18(4-7-22)19-5-9-24(26(35)12-19)20-13-28(37)32(29(38)14-20)34(42,43)45-23-8-10-25(27(36)17-23)21-15-30(39)33(41)31(40)16-21/h5,8-10,12-18,22H,2-4,6-7,11H2,1H3. The summed E-state index contributed by atoms with van der Waals surface area (Å²) in [5.41, 5.74) is -2.50. The fraction of sp³-hybridized carbons (Fsp3) is 0.294. The number of halogens is 9. The van der Waals surface area contributed by atoms with E-state index in [1.807, 2.05) is 6.92 Å². The summed E-state index contributed by atoms with van der Waals surface area (Å²) in [5, 5.41) is 0. The van der Waals surface area contributed by atoms with Gasteiger partial charge in [-0.15, -0.1) is 0 Å². The predicted octanol–water partition coefficient (Wildman–Crippen LogP) is 10.6. The van der Waals surface area contributed by atoms with Gasteiger partial charge in [-0.1, -0.05) is 19.1 Å². The van der Waals surface area contributed by atoms with Gasteiger partial charge in [0.2, 0.25) is 0 Å². The van der Waals surface area contributed by atoms with Gasteiger partial charge >= 0.3 is 6.11 Å². The highest BCUT2D eigenvalue weighted by Crippen LogP contribution is 2.40. The van der Waals surface area contributed by atoms with E-state index in [1.165, 1.54) is 12.1 Å². The molecule has 2 nitrogen and oxygen atoms in total. The molecule has 0 heterocycles. The minimum absolute atomic E-state index is 0.0821. The Bertz CT molecular complexity index is 1650. The van der Waals surface area contributed by atoms with Gasteiger partial charge in [-0.25, -0.2) is 30.7 Å². The monoisotopic (exact) mass is 638 g/mol. The number of hydrogen-bond acceptors (Lipinski definition) is 2. The first-order valence-electron chi connectivity index (χ1n) is 14.3. The Morgan fingerprint density at radius 1 is 0.644 bits per heavy atom. The number of alkyl halides is 2. The van der Waals surface area contributed by atoms with Gasteiger partial charge < -0.3 is 9.47 Å². The molecular weight excluding hydrogens is 611 g/mol. The third-order valence-corrected chi connectivity index (χ3v) is 7.82. The first-order valence-corrected chi connectivity index (χ1v) is 14.3. The van der Waals surface area contributed by atoms with E-state index in [2.05, 4.69) is 4.74 Å². The van der Waals surface area contributed by atoms with Gasteiger partial charge in [0.15, 0.2) is 17.5 Å². The molecule has 4 aromatic carbocycles. The molecule has 0 bridgehead atoms. The van der Waals surface area contributed by atoms with Crippen LogP contribution in [0.25, 0.3) is 22.3 Å². The van der Waals surface area contributed by atoms with E-state index >= 15 is 4.39 Å². The van der Waals surface area contributed by atoms with Crippen LogP contribution in [0.4, 0.5) is 39.5 Å². The van der Waals surface area contributed by atoms with Crippen molar-refractivity contribution in [3.05, 3.63) is 113 Å². The summed E-state index contributed by atoms with van der Waals surface area (Å²) < 4.78 is 140. The lowest BCUT2D eigenvalue weighted by Gasteiger charge is -2.29. The molecule has 0 saturated heterocycles. The van der Waals surface area contributed by atoms with Crippen LogP contribution in [0.1, 0.15) is 56.1 Å². The van der Waals surface area contributed by atoms with E-state index in [1.54, 1.807) is 6.07 Å². The number of benzene rings is 4. The Morgan fingerprint density at radius 2 is 1.18 bits per heavy atom. The maximum absolute atomic E-state index is 15.1. The van der Waals surface area contributed by atoms with E-state index in [-0.39, 0.29) is 23.1 Å². The highest BCUT2D eigenvalue weighted by molar-refractivity contribution is 5.66. The molecular formula is C34H27F9O2. The van der Waals surface area contributed by atoms with Crippen molar-refractivity contribution in [2.75, 3.05) is 6.61 Å². The fourth-order valence-electron chi connectivity index (χ4n) is 5.58. The lowest BCUT2D eigenvalue weighted by atomic mass is 9.82. The van der Waals surface area contributed by atoms with Gasteiger partial charge in [0.1, 0.15) is 34.6 Å². The van der Waals surface area contributed by atoms with E-state index < -0.39 is 69.3 Å². The van der Waals surface area contributed by atoms with Gasteiger partial charge in [0.25, 0.3) is 0 Å². The second-order valence-corrected chi connectivity index (χ2v) is 10.9. The summed E-state index contributed by atoms with van der Waals surface area (Å²) in [6.45, 7) is 2.71. The zero-order chi connectivity index (χ0) is 32.5. The summed E-state index contributed by atoms with van der Waals surface area (Å²) in [4.78, 5) is 0. The average molecular weight is 639 g/mol. The molecule has 1 aliphatic carbocycles. The number of ether oxygens (including phenoxy) is 2. The maximum Gasteiger partial charge on any atom is 0.432 e. The van der Waals surface area contributed by atoms with Crippen molar-refractivity contribution < 1.29 is 49.0 Å². The summed E-state index contributed by atoms with van der Waals surface area (Å²) in [6, 6.07) is 8.37. The molecule has 0 unspecified atom stereocenters. The van der Waals surface area contributed by atoms with Crippen LogP contribution in [0.15, 0.2) is 60.7 Å². The van der Waals surface area contributed by atoms with Crippen molar-refractivity contribution in [2.24, 2.45) is 0 Å². The average Bonchev–Trinajstić information content (AvgIpc) is 2.98. The molecule has 238 valence electrons. The second kappa shape index (κ2) is 13.2. The van der Waals surface area contributed by atoms with Crippen LogP contribution >= 0.6 is 0 Å².